The zero-order valence-electron chi connectivity index (χ0n) is 11.0. The number of thiocarbonyl (C=S) groups is 1. The molecule has 0 aromatic heterocycles. The average molecular weight is 277 g/mol. The second-order valence-electron chi connectivity index (χ2n) is 4.00. The predicted octanol–water partition coefficient (Wildman–Crippen LogP) is 2.90. The molecular formula is C14H19N3OS. The molecule has 0 fully saturated rings. The second-order valence-corrected chi connectivity index (χ2v) is 4.41. The van der Waals surface area contributed by atoms with E-state index in [1.807, 2.05) is 31.2 Å². The molecule has 1 aromatic rings. The fourth-order valence-electron chi connectivity index (χ4n) is 1.47. The highest BCUT2D eigenvalue weighted by Crippen LogP contribution is 2.15. The van der Waals surface area contributed by atoms with Gasteiger partial charge in [-0.2, -0.15) is 0 Å². The summed E-state index contributed by atoms with van der Waals surface area (Å²) in [5.41, 5.74) is 1.59. The van der Waals surface area contributed by atoms with Gasteiger partial charge >= 0.3 is 0 Å². The third kappa shape index (κ3) is 6.01. The Kier molecular flexibility index (Phi) is 6.60. The maximum atomic E-state index is 11.5. The summed E-state index contributed by atoms with van der Waals surface area (Å²) in [5, 5.41) is 9.39. The van der Waals surface area contributed by atoms with E-state index in [0.29, 0.717) is 18.1 Å². The van der Waals surface area contributed by atoms with Crippen LogP contribution in [0, 0.1) is 0 Å². The van der Waals surface area contributed by atoms with E-state index in [2.05, 4.69) is 22.5 Å². The molecule has 19 heavy (non-hydrogen) atoms. The summed E-state index contributed by atoms with van der Waals surface area (Å²) in [4.78, 5) is 11.5. The summed E-state index contributed by atoms with van der Waals surface area (Å²) in [7, 11) is 0. The largest absolute Gasteiger partial charge is 0.359 e. The number of carbonyl (C=O) groups is 1. The number of carbonyl (C=O) groups excluding carboxylic acids is 1. The van der Waals surface area contributed by atoms with Crippen LogP contribution in [-0.4, -0.2) is 17.6 Å². The first-order valence-electron chi connectivity index (χ1n) is 6.21. The Morgan fingerprint density at radius 2 is 2.05 bits per heavy atom. The van der Waals surface area contributed by atoms with E-state index in [-0.39, 0.29) is 5.91 Å². The van der Waals surface area contributed by atoms with Crippen LogP contribution in [0.1, 0.15) is 19.8 Å². The Morgan fingerprint density at radius 1 is 1.37 bits per heavy atom. The molecule has 0 saturated heterocycles. The Morgan fingerprint density at radius 3 is 2.68 bits per heavy atom. The van der Waals surface area contributed by atoms with E-state index < -0.39 is 0 Å². The van der Waals surface area contributed by atoms with E-state index in [1.165, 1.54) is 0 Å². The molecule has 102 valence electrons. The normalized spacial score (nSPS) is 9.53. The Hall–Kier alpha value is -1.88. The van der Waals surface area contributed by atoms with Crippen LogP contribution in [0.3, 0.4) is 0 Å². The Labute approximate surface area is 119 Å². The quantitative estimate of drug-likeness (QED) is 0.553. The van der Waals surface area contributed by atoms with Gasteiger partial charge in [0, 0.05) is 24.3 Å². The average Bonchev–Trinajstić information content (AvgIpc) is 2.37. The number of nitrogens with one attached hydrogen (secondary N) is 3. The maximum absolute atomic E-state index is 11.5. The van der Waals surface area contributed by atoms with Crippen LogP contribution in [0.15, 0.2) is 36.9 Å². The lowest BCUT2D eigenvalue weighted by atomic mass is 10.2. The summed E-state index contributed by atoms with van der Waals surface area (Å²) < 4.78 is 0. The lowest BCUT2D eigenvalue weighted by molar-refractivity contribution is -0.116. The fraction of sp³-hybridized carbons (Fsp3) is 0.286. The SMILES string of the molecule is C=CCNC(=S)Nc1cccc(NC(=O)CCC)c1. The number of rotatable bonds is 6. The topological polar surface area (TPSA) is 53.2 Å². The van der Waals surface area contributed by atoms with Gasteiger partial charge in [-0.05, 0) is 36.8 Å². The fourth-order valence-corrected chi connectivity index (χ4v) is 1.67. The van der Waals surface area contributed by atoms with Gasteiger partial charge in [0.2, 0.25) is 5.91 Å². The number of benzene rings is 1. The highest BCUT2D eigenvalue weighted by molar-refractivity contribution is 7.80. The van der Waals surface area contributed by atoms with Gasteiger partial charge < -0.3 is 16.0 Å². The van der Waals surface area contributed by atoms with Crippen molar-refractivity contribution >= 4 is 34.6 Å². The van der Waals surface area contributed by atoms with Gasteiger partial charge in [-0.3, -0.25) is 4.79 Å². The molecule has 0 saturated carbocycles. The van der Waals surface area contributed by atoms with Gasteiger partial charge in [-0.15, -0.1) is 6.58 Å². The summed E-state index contributed by atoms with van der Waals surface area (Å²) >= 11 is 5.12. The van der Waals surface area contributed by atoms with Crippen molar-refractivity contribution in [3.05, 3.63) is 36.9 Å². The third-order valence-electron chi connectivity index (χ3n) is 2.29. The van der Waals surface area contributed by atoms with Crippen molar-refractivity contribution in [2.24, 2.45) is 0 Å². The minimum Gasteiger partial charge on any atom is -0.359 e. The minimum atomic E-state index is 0.0204. The molecule has 4 nitrogen and oxygen atoms in total. The van der Waals surface area contributed by atoms with Crippen LogP contribution in [0.25, 0.3) is 0 Å². The van der Waals surface area contributed by atoms with Crippen LogP contribution in [-0.2, 0) is 4.79 Å². The van der Waals surface area contributed by atoms with E-state index in [4.69, 9.17) is 12.2 Å². The lowest BCUT2D eigenvalue weighted by Gasteiger charge is -2.10. The molecule has 0 radical (unpaired) electrons. The summed E-state index contributed by atoms with van der Waals surface area (Å²) in [6.07, 6.45) is 3.09. The smallest absolute Gasteiger partial charge is 0.224 e. The molecule has 0 heterocycles. The maximum Gasteiger partial charge on any atom is 0.224 e. The van der Waals surface area contributed by atoms with Gasteiger partial charge in [0.15, 0.2) is 5.11 Å². The molecule has 1 aromatic carbocycles. The number of amides is 1. The molecule has 0 aliphatic carbocycles. The predicted molar refractivity (Wildman–Crippen MR) is 84.4 cm³/mol. The molecule has 1 rings (SSSR count). The first-order valence-corrected chi connectivity index (χ1v) is 6.62. The standard InChI is InChI=1S/C14H19N3OS/c1-3-6-13(18)16-11-7-5-8-12(10-11)17-14(19)15-9-4-2/h4-5,7-8,10H,2-3,6,9H2,1H3,(H,16,18)(H2,15,17,19). The molecule has 0 aliphatic rings. The minimum absolute atomic E-state index is 0.0204. The number of anilines is 2. The zero-order valence-corrected chi connectivity index (χ0v) is 11.8. The van der Waals surface area contributed by atoms with Gasteiger partial charge in [0.05, 0.1) is 0 Å². The Bertz CT molecular complexity index is 460. The summed E-state index contributed by atoms with van der Waals surface area (Å²) in [5.74, 6) is 0.0204. The van der Waals surface area contributed by atoms with Crippen molar-refractivity contribution in [3.8, 4) is 0 Å². The monoisotopic (exact) mass is 277 g/mol. The molecule has 0 spiro atoms. The number of hydrogen-bond donors (Lipinski definition) is 3. The van der Waals surface area contributed by atoms with Crippen LogP contribution < -0.4 is 16.0 Å². The van der Waals surface area contributed by atoms with Crippen molar-refractivity contribution in [2.75, 3.05) is 17.2 Å². The van der Waals surface area contributed by atoms with Gasteiger partial charge in [0.25, 0.3) is 0 Å². The van der Waals surface area contributed by atoms with Crippen molar-refractivity contribution in [3.63, 3.8) is 0 Å². The number of hydrogen-bond acceptors (Lipinski definition) is 2. The van der Waals surface area contributed by atoms with Gasteiger partial charge in [-0.25, -0.2) is 0 Å². The van der Waals surface area contributed by atoms with Crippen molar-refractivity contribution in [1.29, 1.82) is 0 Å². The summed E-state index contributed by atoms with van der Waals surface area (Å²) in [6, 6.07) is 7.44. The molecule has 5 heteroatoms. The lowest BCUT2D eigenvalue weighted by Crippen LogP contribution is -2.28. The molecule has 3 N–H and O–H groups in total. The summed E-state index contributed by atoms with van der Waals surface area (Å²) in [6.45, 7) is 6.19. The molecular weight excluding hydrogens is 258 g/mol. The first-order chi connectivity index (χ1) is 9.15. The van der Waals surface area contributed by atoms with Crippen molar-refractivity contribution in [1.82, 2.24) is 5.32 Å². The molecule has 0 bridgehead atoms. The first kappa shape index (κ1) is 15.2. The molecule has 0 aliphatic heterocycles. The molecule has 0 atom stereocenters. The van der Waals surface area contributed by atoms with Crippen LogP contribution in [0.4, 0.5) is 11.4 Å². The van der Waals surface area contributed by atoms with E-state index in [0.717, 1.165) is 17.8 Å². The van der Waals surface area contributed by atoms with Crippen molar-refractivity contribution < 1.29 is 4.79 Å². The van der Waals surface area contributed by atoms with Gasteiger partial charge in [0.1, 0.15) is 0 Å². The molecule has 1 amide bonds. The Balaban J connectivity index is 2.58. The van der Waals surface area contributed by atoms with Crippen LogP contribution in [0.5, 0.6) is 0 Å². The molecule has 0 unspecified atom stereocenters. The van der Waals surface area contributed by atoms with Gasteiger partial charge in [-0.1, -0.05) is 19.1 Å². The highest BCUT2D eigenvalue weighted by Gasteiger charge is 2.02. The van der Waals surface area contributed by atoms with Crippen molar-refractivity contribution in [2.45, 2.75) is 19.8 Å². The van der Waals surface area contributed by atoms with Crippen LogP contribution in [0.2, 0.25) is 0 Å². The third-order valence-corrected chi connectivity index (χ3v) is 2.53. The van der Waals surface area contributed by atoms with E-state index in [9.17, 15) is 4.79 Å². The van der Waals surface area contributed by atoms with E-state index >= 15 is 0 Å². The van der Waals surface area contributed by atoms with E-state index in [1.54, 1.807) is 6.08 Å². The van der Waals surface area contributed by atoms with Crippen LogP contribution >= 0.6 is 12.2 Å². The zero-order chi connectivity index (χ0) is 14.1. The second kappa shape index (κ2) is 8.26. The highest BCUT2D eigenvalue weighted by atomic mass is 32.1.